The van der Waals surface area contributed by atoms with Gasteiger partial charge in [0.15, 0.2) is 10.7 Å². The van der Waals surface area contributed by atoms with Crippen LogP contribution >= 0.6 is 11.5 Å². The number of nitrogens with zero attached hydrogens (tertiary/aromatic N) is 3. The van der Waals surface area contributed by atoms with Gasteiger partial charge in [0.2, 0.25) is 10.0 Å². The molecule has 0 saturated carbocycles. The van der Waals surface area contributed by atoms with Crippen LogP contribution in [-0.2, 0) is 10.0 Å². The third kappa shape index (κ3) is 2.93. The topological polar surface area (TPSA) is 79.5 Å². The molecule has 0 radical (unpaired) electrons. The minimum absolute atomic E-state index is 0.0760. The van der Waals surface area contributed by atoms with Gasteiger partial charge in [-0.25, -0.2) is 12.7 Å². The average molecular weight is 292 g/mol. The standard InChI is InChI=1S/C10H20N4O2S2/c1-5-6-7-14(4)10-8(9(11)12-17-10)18(15,16)13(2)3/h5-7H2,1-4H3,(H2,11,12). The highest BCUT2D eigenvalue weighted by molar-refractivity contribution is 7.89. The van der Waals surface area contributed by atoms with Crippen molar-refractivity contribution in [3.63, 3.8) is 0 Å². The Bertz CT molecular complexity index is 496. The van der Waals surface area contributed by atoms with Crippen molar-refractivity contribution in [1.82, 2.24) is 8.68 Å². The number of rotatable bonds is 6. The number of unbranched alkanes of at least 4 members (excludes halogenated alkanes) is 1. The molecule has 0 amide bonds. The molecule has 0 aliphatic carbocycles. The van der Waals surface area contributed by atoms with Gasteiger partial charge in [0.25, 0.3) is 0 Å². The molecule has 1 aromatic heterocycles. The molecule has 0 fully saturated rings. The van der Waals surface area contributed by atoms with E-state index in [0.717, 1.165) is 35.2 Å². The van der Waals surface area contributed by atoms with Crippen molar-refractivity contribution < 1.29 is 8.42 Å². The van der Waals surface area contributed by atoms with Crippen molar-refractivity contribution in [3.8, 4) is 0 Å². The Kier molecular flexibility index (Phi) is 4.94. The fourth-order valence-electron chi connectivity index (χ4n) is 1.45. The molecule has 1 rings (SSSR count). The molecule has 0 aromatic carbocycles. The first-order valence-corrected chi connectivity index (χ1v) is 7.92. The van der Waals surface area contributed by atoms with Crippen molar-refractivity contribution in [3.05, 3.63) is 0 Å². The van der Waals surface area contributed by atoms with E-state index >= 15 is 0 Å². The quantitative estimate of drug-likeness (QED) is 0.852. The molecule has 0 saturated heterocycles. The first-order valence-electron chi connectivity index (χ1n) is 5.71. The zero-order valence-electron chi connectivity index (χ0n) is 11.2. The van der Waals surface area contributed by atoms with Gasteiger partial charge in [-0.3, -0.25) is 0 Å². The number of aromatic nitrogens is 1. The molecule has 6 nitrogen and oxygen atoms in total. The highest BCUT2D eigenvalue weighted by Crippen LogP contribution is 2.35. The molecular weight excluding hydrogens is 272 g/mol. The van der Waals surface area contributed by atoms with E-state index in [0.29, 0.717) is 5.00 Å². The van der Waals surface area contributed by atoms with Gasteiger partial charge in [-0.2, -0.15) is 4.37 Å². The summed E-state index contributed by atoms with van der Waals surface area (Å²) in [6, 6.07) is 0. The molecule has 0 aliphatic rings. The van der Waals surface area contributed by atoms with Gasteiger partial charge in [-0.1, -0.05) is 13.3 Å². The van der Waals surface area contributed by atoms with Crippen LogP contribution < -0.4 is 10.6 Å². The van der Waals surface area contributed by atoms with E-state index in [9.17, 15) is 8.42 Å². The maximum absolute atomic E-state index is 12.2. The Morgan fingerprint density at radius 1 is 1.33 bits per heavy atom. The molecule has 0 aliphatic heterocycles. The van der Waals surface area contributed by atoms with Gasteiger partial charge in [0.05, 0.1) is 0 Å². The summed E-state index contributed by atoms with van der Waals surface area (Å²) in [4.78, 5) is 2.02. The Hall–Kier alpha value is -0.860. The molecule has 2 N–H and O–H groups in total. The maximum atomic E-state index is 12.2. The maximum Gasteiger partial charge on any atom is 0.249 e. The molecular formula is C10H20N4O2S2. The fourth-order valence-corrected chi connectivity index (χ4v) is 3.68. The highest BCUT2D eigenvalue weighted by atomic mass is 32.2. The fraction of sp³-hybridized carbons (Fsp3) is 0.700. The lowest BCUT2D eigenvalue weighted by molar-refractivity contribution is 0.521. The van der Waals surface area contributed by atoms with E-state index < -0.39 is 10.0 Å². The van der Waals surface area contributed by atoms with E-state index in [1.807, 2.05) is 11.9 Å². The van der Waals surface area contributed by atoms with Crippen LogP contribution in [0.2, 0.25) is 0 Å². The first kappa shape index (κ1) is 15.2. The normalized spacial score (nSPS) is 12.1. The summed E-state index contributed by atoms with van der Waals surface area (Å²) in [6.07, 6.45) is 2.05. The van der Waals surface area contributed by atoms with Crippen LogP contribution in [0.3, 0.4) is 0 Å². The minimum atomic E-state index is -3.55. The van der Waals surface area contributed by atoms with E-state index in [2.05, 4.69) is 11.3 Å². The summed E-state index contributed by atoms with van der Waals surface area (Å²) >= 11 is 1.12. The molecule has 1 heterocycles. The molecule has 18 heavy (non-hydrogen) atoms. The van der Waals surface area contributed by atoms with Crippen molar-refractivity contribution >= 4 is 32.4 Å². The summed E-state index contributed by atoms with van der Waals surface area (Å²) < 4.78 is 29.5. The van der Waals surface area contributed by atoms with Gasteiger partial charge in [-0.15, -0.1) is 0 Å². The smallest absolute Gasteiger partial charge is 0.249 e. The second-order valence-electron chi connectivity index (χ2n) is 4.26. The number of nitrogens with two attached hydrogens (primary N) is 1. The summed E-state index contributed by atoms with van der Waals surface area (Å²) in [6.45, 7) is 2.88. The van der Waals surface area contributed by atoms with Crippen LogP contribution in [0.1, 0.15) is 19.8 Å². The van der Waals surface area contributed by atoms with Gasteiger partial charge in [-0.05, 0) is 18.0 Å². The third-order valence-corrected chi connectivity index (χ3v) is 5.58. The van der Waals surface area contributed by atoms with Crippen LogP contribution in [0.15, 0.2) is 4.90 Å². The summed E-state index contributed by atoms with van der Waals surface area (Å²) in [5, 5.41) is 0.606. The summed E-state index contributed by atoms with van der Waals surface area (Å²) in [5.74, 6) is 0.0760. The second kappa shape index (κ2) is 5.85. The van der Waals surface area contributed by atoms with Crippen LogP contribution in [0.25, 0.3) is 0 Å². The van der Waals surface area contributed by atoms with Gasteiger partial charge >= 0.3 is 0 Å². The molecule has 0 atom stereocenters. The molecule has 104 valence electrons. The van der Waals surface area contributed by atoms with Gasteiger partial charge in [0.1, 0.15) is 5.00 Å². The Morgan fingerprint density at radius 3 is 2.44 bits per heavy atom. The highest BCUT2D eigenvalue weighted by Gasteiger charge is 2.29. The van der Waals surface area contributed by atoms with E-state index in [1.165, 1.54) is 14.1 Å². The Balaban J connectivity index is 3.17. The minimum Gasteiger partial charge on any atom is -0.382 e. The van der Waals surface area contributed by atoms with Crippen LogP contribution in [0, 0.1) is 0 Å². The van der Waals surface area contributed by atoms with Crippen LogP contribution in [0.5, 0.6) is 0 Å². The van der Waals surface area contributed by atoms with Crippen molar-refractivity contribution in [2.75, 3.05) is 38.3 Å². The number of anilines is 2. The Labute approximate surface area is 113 Å². The van der Waals surface area contributed by atoms with E-state index in [1.54, 1.807) is 0 Å². The first-order chi connectivity index (χ1) is 8.32. The third-order valence-electron chi connectivity index (χ3n) is 2.59. The van der Waals surface area contributed by atoms with Crippen molar-refractivity contribution in [2.24, 2.45) is 0 Å². The van der Waals surface area contributed by atoms with Gasteiger partial charge < -0.3 is 10.6 Å². The molecule has 1 aromatic rings. The largest absolute Gasteiger partial charge is 0.382 e. The molecule has 0 spiro atoms. The second-order valence-corrected chi connectivity index (χ2v) is 7.11. The lowest BCUT2D eigenvalue weighted by Gasteiger charge is -2.19. The van der Waals surface area contributed by atoms with Crippen molar-refractivity contribution in [2.45, 2.75) is 24.7 Å². The molecule has 0 bridgehead atoms. The zero-order chi connectivity index (χ0) is 13.9. The predicted molar refractivity (Wildman–Crippen MR) is 75.6 cm³/mol. The lowest BCUT2D eigenvalue weighted by Crippen LogP contribution is -2.26. The van der Waals surface area contributed by atoms with Crippen LogP contribution in [-0.4, -0.2) is 44.8 Å². The lowest BCUT2D eigenvalue weighted by atomic mass is 10.3. The monoisotopic (exact) mass is 292 g/mol. The predicted octanol–water partition coefficient (Wildman–Crippen LogP) is 1.21. The SMILES string of the molecule is CCCCN(C)c1snc(N)c1S(=O)(=O)N(C)C. The zero-order valence-corrected chi connectivity index (χ0v) is 12.8. The number of hydrogen-bond donors (Lipinski definition) is 1. The van der Waals surface area contributed by atoms with Crippen LogP contribution in [0.4, 0.5) is 10.8 Å². The van der Waals surface area contributed by atoms with Crippen molar-refractivity contribution in [1.29, 1.82) is 0 Å². The number of hydrogen-bond acceptors (Lipinski definition) is 6. The summed E-state index contributed by atoms with van der Waals surface area (Å²) in [7, 11) is 1.28. The number of sulfonamides is 1. The molecule has 0 unspecified atom stereocenters. The number of nitrogen functional groups attached to an aromatic ring is 1. The van der Waals surface area contributed by atoms with Gasteiger partial charge in [0, 0.05) is 27.7 Å². The average Bonchev–Trinajstić information content (AvgIpc) is 2.68. The van der Waals surface area contributed by atoms with E-state index in [-0.39, 0.29) is 10.7 Å². The molecule has 8 heteroatoms. The summed E-state index contributed by atoms with van der Waals surface area (Å²) in [5.41, 5.74) is 5.70. The Morgan fingerprint density at radius 2 is 1.94 bits per heavy atom. The van der Waals surface area contributed by atoms with E-state index in [4.69, 9.17) is 5.73 Å².